The highest BCUT2D eigenvalue weighted by Gasteiger charge is 2.25. The second-order valence-electron chi connectivity index (χ2n) is 5.40. The van der Waals surface area contributed by atoms with E-state index in [0.717, 1.165) is 11.3 Å². The lowest BCUT2D eigenvalue weighted by atomic mass is 10.2. The Bertz CT molecular complexity index is 545. The summed E-state index contributed by atoms with van der Waals surface area (Å²) in [7, 11) is 0. The van der Waals surface area contributed by atoms with Gasteiger partial charge in [-0.3, -0.25) is 0 Å². The van der Waals surface area contributed by atoms with Crippen LogP contribution in [0.1, 0.15) is 31.7 Å². The van der Waals surface area contributed by atoms with Gasteiger partial charge in [-0.15, -0.1) is 0 Å². The Hall–Kier alpha value is -2.18. The molecule has 2 N–H and O–H groups in total. The van der Waals surface area contributed by atoms with Gasteiger partial charge in [-0.25, -0.2) is 4.99 Å². The van der Waals surface area contributed by atoms with Gasteiger partial charge >= 0.3 is 6.18 Å². The van der Waals surface area contributed by atoms with Gasteiger partial charge in [0, 0.05) is 25.1 Å². The molecular formula is C18H26F3N3O. The lowest BCUT2D eigenvalue weighted by Crippen LogP contribution is -2.37. The number of ether oxygens (including phenoxy) is 1. The van der Waals surface area contributed by atoms with E-state index >= 15 is 0 Å². The first-order valence-electron chi connectivity index (χ1n) is 8.36. The second kappa shape index (κ2) is 11.4. The van der Waals surface area contributed by atoms with Crippen LogP contribution in [0.25, 0.3) is 0 Å². The van der Waals surface area contributed by atoms with Crippen molar-refractivity contribution in [2.24, 2.45) is 4.99 Å². The molecule has 0 unspecified atom stereocenters. The minimum atomic E-state index is -4.09. The maximum atomic E-state index is 12.1. The Morgan fingerprint density at radius 1 is 1.24 bits per heavy atom. The Morgan fingerprint density at radius 3 is 2.68 bits per heavy atom. The van der Waals surface area contributed by atoms with E-state index in [-0.39, 0.29) is 6.42 Å². The zero-order chi connectivity index (χ0) is 18.5. The van der Waals surface area contributed by atoms with Gasteiger partial charge in [0.1, 0.15) is 12.4 Å². The van der Waals surface area contributed by atoms with Gasteiger partial charge in [0.05, 0.1) is 6.54 Å². The van der Waals surface area contributed by atoms with E-state index in [1.165, 1.54) is 0 Å². The van der Waals surface area contributed by atoms with Crippen molar-refractivity contribution in [3.8, 4) is 5.75 Å². The summed E-state index contributed by atoms with van der Waals surface area (Å²) >= 11 is 0. The predicted octanol–water partition coefficient (Wildman–Crippen LogP) is 4.04. The molecule has 0 fully saturated rings. The summed E-state index contributed by atoms with van der Waals surface area (Å²) in [5.74, 6) is 1.32. The van der Waals surface area contributed by atoms with Gasteiger partial charge in [0.2, 0.25) is 0 Å². The molecule has 7 heteroatoms. The molecule has 0 aliphatic heterocycles. The molecule has 0 aromatic heterocycles. The van der Waals surface area contributed by atoms with E-state index in [0.29, 0.717) is 38.6 Å². The molecule has 25 heavy (non-hydrogen) atoms. The fraction of sp³-hybridized carbons (Fsp3) is 0.500. The van der Waals surface area contributed by atoms with Crippen molar-refractivity contribution in [2.45, 2.75) is 38.9 Å². The third kappa shape index (κ3) is 9.64. The van der Waals surface area contributed by atoms with Crippen molar-refractivity contribution in [1.82, 2.24) is 10.6 Å². The molecule has 0 amide bonds. The zero-order valence-electron chi connectivity index (χ0n) is 14.5. The van der Waals surface area contributed by atoms with Crippen LogP contribution in [0.3, 0.4) is 0 Å². The fourth-order valence-electron chi connectivity index (χ4n) is 2.09. The molecule has 0 heterocycles. The smallest absolute Gasteiger partial charge is 0.389 e. The van der Waals surface area contributed by atoms with Gasteiger partial charge in [-0.1, -0.05) is 30.9 Å². The highest BCUT2D eigenvalue weighted by atomic mass is 19.4. The average molecular weight is 357 g/mol. The van der Waals surface area contributed by atoms with Crippen LogP contribution in [-0.4, -0.2) is 31.8 Å². The van der Waals surface area contributed by atoms with Crippen molar-refractivity contribution in [3.05, 3.63) is 42.5 Å². The summed E-state index contributed by atoms with van der Waals surface area (Å²) in [6.45, 7) is 7.49. The summed E-state index contributed by atoms with van der Waals surface area (Å²) in [5, 5.41) is 6.14. The third-order valence-corrected chi connectivity index (χ3v) is 3.26. The second-order valence-corrected chi connectivity index (χ2v) is 5.40. The first-order chi connectivity index (χ1) is 12.0. The van der Waals surface area contributed by atoms with E-state index in [9.17, 15) is 13.2 Å². The maximum Gasteiger partial charge on any atom is 0.389 e. The summed E-state index contributed by atoms with van der Waals surface area (Å²) in [5.41, 5.74) is 0.929. The minimum absolute atomic E-state index is 0.105. The van der Waals surface area contributed by atoms with Gasteiger partial charge in [-0.2, -0.15) is 13.2 Å². The molecule has 0 aliphatic carbocycles. The summed E-state index contributed by atoms with van der Waals surface area (Å²) < 4.78 is 42.0. The van der Waals surface area contributed by atoms with E-state index in [1.807, 2.05) is 31.2 Å². The summed E-state index contributed by atoms with van der Waals surface area (Å²) in [6, 6.07) is 7.58. The molecule has 0 bridgehead atoms. The number of para-hydroxylation sites is 1. The first kappa shape index (κ1) is 20.9. The molecule has 0 saturated heterocycles. The van der Waals surface area contributed by atoms with Crippen LogP contribution in [0, 0.1) is 0 Å². The van der Waals surface area contributed by atoms with Crippen LogP contribution in [0.2, 0.25) is 0 Å². The van der Waals surface area contributed by atoms with E-state index in [1.54, 1.807) is 6.08 Å². The standard InChI is InChI=1S/C18H26F3N3O/c1-3-13-25-16-10-6-5-9-15(16)14-24-17(22-4-2)23-12-8-7-11-18(19,20)21/h3,5-6,9-10H,1,4,7-8,11-14H2,2H3,(H2,22,23,24). The molecule has 4 nitrogen and oxygen atoms in total. The van der Waals surface area contributed by atoms with Gasteiger partial charge in [-0.05, 0) is 25.8 Å². The number of halogens is 3. The van der Waals surface area contributed by atoms with Crippen LogP contribution in [0.15, 0.2) is 41.9 Å². The molecule has 0 spiro atoms. The quantitative estimate of drug-likeness (QED) is 0.288. The maximum absolute atomic E-state index is 12.1. The van der Waals surface area contributed by atoms with Crippen molar-refractivity contribution >= 4 is 5.96 Å². The van der Waals surface area contributed by atoms with Crippen LogP contribution in [0.4, 0.5) is 13.2 Å². The van der Waals surface area contributed by atoms with Gasteiger partial charge < -0.3 is 15.4 Å². The molecule has 0 saturated carbocycles. The zero-order valence-corrected chi connectivity index (χ0v) is 14.5. The number of hydrogen-bond donors (Lipinski definition) is 2. The highest BCUT2D eigenvalue weighted by Crippen LogP contribution is 2.22. The highest BCUT2D eigenvalue weighted by molar-refractivity contribution is 5.79. The monoisotopic (exact) mass is 357 g/mol. The Morgan fingerprint density at radius 2 is 2.00 bits per heavy atom. The lowest BCUT2D eigenvalue weighted by Gasteiger charge is -2.13. The van der Waals surface area contributed by atoms with Crippen molar-refractivity contribution in [3.63, 3.8) is 0 Å². The Kier molecular flexibility index (Phi) is 9.50. The van der Waals surface area contributed by atoms with Crippen LogP contribution in [0.5, 0.6) is 5.75 Å². The molecule has 0 radical (unpaired) electrons. The third-order valence-electron chi connectivity index (χ3n) is 3.26. The van der Waals surface area contributed by atoms with Gasteiger partial charge in [0.15, 0.2) is 5.96 Å². The number of nitrogens with zero attached hydrogens (tertiary/aromatic N) is 1. The number of hydrogen-bond acceptors (Lipinski definition) is 2. The molecule has 1 aromatic carbocycles. The number of nitrogens with one attached hydrogen (secondary N) is 2. The normalized spacial score (nSPS) is 11.9. The topological polar surface area (TPSA) is 45.6 Å². The largest absolute Gasteiger partial charge is 0.489 e. The first-order valence-corrected chi connectivity index (χ1v) is 8.36. The molecule has 140 valence electrons. The number of rotatable bonds is 10. The summed E-state index contributed by atoms with van der Waals surface area (Å²) in [6.07, 6.45) is -2.63. The van der Waals surface area contributed by atoms with E-state index in [4.69, 9.17) is 4.74 Å². The van der Waals surface area contributed by atoms with Crippen molar-refractivity contribution < 1.29 is 17.9 Å². The number of aliphatic imine (C=N–C) groups is 1. The van der Waals surface area contributed by atoms with Crippen LogP contribution in [-0.2, 0) is 6.54 Å². The molecular weight excluding hydrogens is 331 g/mol. The van der Waals surface area contributed by atoms with E-state index < -0.39 is 12.6 Å². The van der Waals surface area contributed by atoms with Gasteiger partial charge in [0.25, 0.3) is 0 Å². The summed E-state index contributed by atoms with van der Waals surface area (Å²) in [4.78, 5) is 4.47. The molecule has 1 aromatic rings. The molecule has 0 aliphatic rings. The minimum Gasteiger partial charge on any atom is -0.489 e. The molecule has 0 atom stereocenters. The Balaban J connectivity index is 2.53. The number of guanidine groups is 1. The van der Waals surface area contributed by atoms with Crippen LogP contribution < -0.4 is 15.4 Å². The van der Waals surface area contributed by atoms with Crippen molar-refractivity contribution in [2.75, 3.05) is 19.7 Å². The van der Waals surface area contributed by atoms with Crippen molar-refractivity contribution in [1.29, 1.82) is 0 Å². The predicted molar refractivity (Wildman–Crippen MR) is 94.9 cm³/mol. The Labute approximate surface area is 147 Å². The number of alkyl halides is 3. The van der Waals surface area contributed by atoms with E-state index in [2.05, 4.69) is 22.2 Å². The SMILES string of the molecule is C=CCOc1ccccc1CN=C(NCC)NCCCCC(F)(F)F. The van der Waals surface area contributed by atoms with Crippen LogP contribution >= 0.6 is 0 Å². The number of unbranched alkanes of at least 4 members (excludes halogenated alkanes) is 1. The average Bonchev–Trinajstić information content (AvgIpc) is 2.57. The fourth-order valence-corrected chi connectivity index (χ4v) is 2.09. The molecule has 1 rings (SSSR count). The number of benzene rings is 1. The lowest BCUT2D eigenvalue weighted by molar-refractivity contribution is -0.135.